The summed E-state index contributed by atoms with van der Waals surface area (Å²) in [5, 5.41) is 2.80. The van der Waals surface area contributed by atoms with Gasteiger partial charge in [0.25, 0.3) is 5.91 Å². The van der Waals surface area contributed by atoms with E-state index in [4.69, 9.17) is 4.74 Å². The highest BCUT2D eigenvalue weighted by Gasteiger charge is 2.09. The van der Waals surface area contributed by atoms with Crippen LogP contribution in [0.5, 0.6) is 5.75 Å². The first kappa shape index (κ1) is 15.5. The fraction of sp³-hybridized carbons (Fsp3) is 0.118. The van der Waals surface area contributed by atoms with Gasteiger partial charge in [-0.2, -0.15) is 0 Å². The first-order chi connectivity index (χ1) is 11.6. The fourth-order valence-corrected chi connectivity index (χ4v) is 2.38. The molecule has 0 aliphatic heterocycles. The van der Waals surface area contributed by atoms with E-state index in [0.717, 1.165) is 5.56 Å². The Balaban J connectivity index is 1.82. The third-order valence-corrected chi connectivity index (χ3v) is 3.62. The number of H-pyrrole nitrogens is 2. The highest BCUT2D eigenvalue weighted by Crippen LogP contribution is 2.17. The second-order valence-corrected chi connectivity index (χ2v) is 5.16. The molecule has 0 aliphatic rings. The van der Waals surface area contributed by atoms with E-state index < -0.39 is 11.1 Å². The zero-order chi connectivity index (χ0) is 17.1. The largest absolute Gasteiger partial charge is 0.496 e. The Morgan fingerprint density at radius 2 is 1.75 bits per heavy atom. The summed E-state index contributed by atoms with van der Waals surface area (Å²) in [5.74, 6) is 0.396. The summed E-state index contributed by atoms with van der Waals surface area (Å²) in [6.45, 7) is 0.309. The highest BCUT2D eigenvalue weighted by molar-refractivity contribution is 5.97. The average molecular weight is 325 g/mol. The van der Waals surface area contributed by atoms with Crippen molar-refractivity contribution < 1.29 is 9.53 Å². The van der Waals surface area contributed by atoms with Crippen LogP contribution < -0.4 is 21.2 Å². The van der Waals surface area contributed by atoms with Gasteiger partial charge >= 0.3 is 11.1 Å². The van der Waals surface area contributed by atoms with E-state index in [9.17, 15) is 14.4 Å². The van der Waals surface area contributed by atoms with E-state index in [1.165, 1.54) is 6.07 Å². The lowest BCUT2D eigenvalue weighted by atomic mass is 10.1. The Morgan fingerprint density at radius 1 is 1.04 bits per heavy atom. The normalized spacial score (nSPS) is 10.5. The SMILES string of the molecule is COc1ccccc1CNC(=O)c1ccc2[nH]c(=O)c(=O)[nH]c2c1. The summed E-state index contributed by atoms with van der Waals surface area (Å²) in [6, 6.07) is 12.1. The summed E-state index contributed by atoms with van der Waals surface area (Å²) in [4.78, 5) is 39.9. The minimum atomic E-state index is -0.755. The second-order valence-electron chi connectivity index (χ2n) is 5.16. The standard InChI is InChI=1S/C17H15N3O4/c1-24-14-5-3-2-4-11(14)9-18-15(21)10-6-7-12-13(8-10)20-17(23)16(22)19-12/h2-8H,9H2,1H3,(H,18,21)(H,19,22)(H,20,23). The number of aromatic nitrogens is 2. The molecule has 1 heterocycles. The number of amides is 1. The van der Waals surface area contributed by atoms with E-state index >= 15 is 0 Å². The summed E-state index contributed by atoms with van der Waals surface area (Å²) >= 11 is 0. The zero-order valence-electron chi connectivity index (χ0n) is 12.9. The van der Waals surface area contributed by atoms with Gasteiger partial charge in [-0.05, 0) is 24.3 Å². The minimum Gasteiger partial charge on any atom is -0.496 e. The zero-order valence-corrected chi connectivity index (χ0v) is 12.9. The van der Waals surface area contributed by atoms with Gasteiger partial charge in [-0.15, -0.1) is 0 Å². The summed E-state index contributed by atoms with van der Waals surface area (Å²) < 4.78 is 5.24. The Labute approximate surface area is 136 Å². The van der Waals surface area contributed by atoms with Gasteiger partial charge < -0.3 is 20.0 Å². The van der Waals surface area contributed by atoms with Crippen molar-refractivity contribution in [3.05, 3.63) is 74.3 Å². The molecule has 122 valence electrons. The van der Waals surface area contributed by atoms with Crippen molar-refractivity contribution in [3.63, 3.8) is 0 Å². The number of nitrogens with one attached hydrogen (secondary N) is 3. The van der Waals surface area contributed by atoms with Crippen molar-refractivity contribution >= 4 is 16.9 Å². The number of carbonyl (C=O) groups excluding carboxylic acids is 1. The molecule has 0 spiro atoms. The molecule has 0 saturated carbocycles. The van der Waals surface area contributed by atoms with Gasteiger partial charge in [0.05, 0.1) is 18.1 Å². The molecule has 3 aromatic rings. The number of benzene rings is 2. The molecule has 0 saturated heterocycles. The molecule has 0 aliphatic carbocycles. The van der Waals surface area contributed by atoms with Crippen LogP contribution in [-0.2, 0) is 6.54 Å². The van der Waals surface area contributed by atoms with Crippen LogP contribution in [0.1, 0.15) is 15.9 Å². The summed E-state index contributed by atoms with van der Waals surface area (Å²) in [6.07, 6.45) is 0. The number of para-hydroxylation sites is 1. The number of ether oxygens (including phenoxy) is 1. The molecular formula is C17H15N3O4. The average Bonchev–Trinajstić information content (AvgIpc) is 2.60. The van der Waals surface area contributed by atoms with E-state index in [1.54, 1.807) is 19.2 Å². The summed E-state index contributed by atoms with van der Waals surface area (Å²) in [7, 11) is 1.57. The third kappa shape index (κ3) is 3.05. The number of fused-ring (bicyclic) bond motifs is 1. The van der Waals surface area contributed by atoms with Crippen molar-refractivity contribution in [1.29, 1.82) is 0 Å². The van der Waals surface area contributed by atoms with Crippen LogP contribution in [0.4, 0.5) is 0 Å². The maximum atomic E-state index is 12.3. The Bertz CT molecular complexity index is 1020. The van der Waals surface area contributed by atoms with Crippen LogP contribution in [0.15, 0.2) is 52.1 Å². The van der Waals surface area contributed by atoms with E-state index in [1.807, 2.05) is 24.3 Å². The molecule has 2 aromatic carbocycles. The quantitative estimate of drug-likeness (QED) is 0.626. The maximum absolute atomic E-state index is 12.3. The second kappa shape index (κ2) is 6.41. The smallest absolute Gasteiger partial charge is 0.314 e. The number of hydrogen-bond donors (Lipinski definition) is 3. The van der Waals surface area contributed by atoms with Crippen molar-refractivity contribution in [3.8, 4) is 5.75 Å². The molecule has 0 atom stereocenters. The molecule has 0 unspecified atom stereocenters. The first-order valence-electron chi connectivity index (χ1n) is 7.25. The molecule has 3 N–H and O–H groups in total. The lowest BCUT2D eigenvalue weighted by molar-refractivity contribution is 0.0951. The van der Waals surface area contributed by atoms with Crippen molar-refractivity contribution in [2.24, 2.45) is 0 Å². The summed E-state index contributed by atoms with van der Waals surface area (Å²) in [5.41, 5.74) is 0.599. The minimum absolute atomic E-state index is 0.296. The van der Waals surface area contributed by atoms with Gasteiger partial charge in [-0.25, -0.2) is 0 Å². The predicted molar refractivity (Wildman–Crippen MR) is 89.4 cm³/mol. The highest BCUT2D eigenvalue weighted by atomic mass is 16.5. The molecule has 7 heteroatoms. The first-order valence-corrected chi connectivity index (χ1v) is 7.25. The van der Waals surface area contributed by atoms with Crippen LogP contribution >= 0.6 is 0 Å². The van der Waals surface area contributed by atoms with Crippen LogP contribution in [0, 0.1) is 0 Å². The lowest BCUT2D eigenvalue weighted by Gasteiger charge is -2.10. The third-order valence-electron chi connectivity index (χ3n) is 3.62. The van der Waals surface area contributed by atoms with Crippen molar-refractivity contribution in [2.75, 3.05) is 7.11 Å². The Kier molecular flexibility index (Phi) is 4.15. The Morgan fingerprint density at radius 3 is 2.50 bits per heavy atom. The van der Waals surface area contributed by atoms with Crippen molar-refractivity contribution in [2.45, 2.75) is 6.54 Å². The molecule has 0 radical (unpaired) electrons. The maximum Gasteiger partial charge on any atom is 0.314 e. The van der Waals surface area contributed by atoms with Gasteiger partial charge in [0.2, 0.25) is 0 Å². The Hall–Kier alpha value is -3.35. The molecule has 0 bridgehead atoms. The molecule has 3 rings (SSSR count). The van der Waals surface area contributed by atoms with Crippen LogP contribution in [-0.4, -0.2) is 23.0 Å². The number of carbonyl (C=O) groups is 1. The van der Waals surface area contributed by atoms with Gasteiger partial charge in [0.1, 0.15) is 5.75 Å². The predicted octanol–water partition coefficient (Wildman–Crippen LogP) is 1.15. The molecule has 7 nitrogen and oxygen atoms in total. The molecule has 1 amide bonds. The van der Waals surface area contributed by atoms with Gasteiger partial charge in [0.15, 0.2) is 0 Å². The van der Waals surface area contributed by atoms with Gasteiger partial charge in [-0.1, -0.05) is 18.2 Å². The molecular weight excluding hydrogens is 310 g/mol. The topological polar surface area (TPSA) is 104 Å². The van der Waals surface area contributed by atoms with Gasteiger partial charge in [-0.3, -0.25) is 14.4 Å². The van der Waals surface area contributed by atoms with E-state index in [2.05, 4.69) is 15.3 Å². The number of hydrogen-bond acceptors (Lipinski definition) is 4. The fourth-order valence-electron chi connectivity index (χ4n) is 2.38. The molecule has 24 heavy (non-hydrogen) atoms. The number of rotatable bonds is 4. The monoisotopic (exact) mass is 325 g/mol. The van der Waals surface area contributed by atoms with E-state index in [-0.39, 0.29) is 5.91 Å². The number of methoxy groups -OCH3 is 1. The van der Waals surface area contributed by atoms with Crippen LogP contribution in [0.3, 0.4) is 0 Å². The number of aromatic amines is 2. The van der Waals surface area contributed by atoms with Crippen LogP contribution in [0.2, 0.25) is 0 Å². The van der Waals surface area contributed by atoms with Crippen LogP contribution in [0.25, 0.3) is 11.0 Å². The molecule has 1 aromatic heterocycles. The lowest BCUT2D eigenvalue weighted by Crippen LogP contribution is -2.29. The van der Waals surface area contributed by atoms with E-state index in [0.29, 0.717) is 28.9 Å². The van der Waals surface area contributed by atoms with Crippen molar-refractivity contribution in [1.82, 2.24) is 15.3 Å². The molecule has 0 fully saturated rings. The van der Waals surface area contributed by atoms with Gasteiger partial charge in [0, 0.05) is 17.7 Å².